The number of hydrogen-bond donors (Lipinski definition) is 1. The first kappa shape index (κ1) is 21.5. The SMILES string of the molecule is CC1CCC2(CC1)N=C(N1CCN(c3cccc(C(F)(F)F)c3)CC1)NC(=O)[C@H]2C#N. The van der Waals surface area contributed by atoms with Gasteiger partial charge in [-0.1, -0.05) is 13.0 Å². The van der Waals surface area contributed by atoms with Crippen LogP contribution in [0, 0.1) is 23.2 Å². The van der Waals surface area contributed by atoms with Crippen molar-refractivity contribution >= 4 is 17.6 Å². The molecule has 166 valence electrons. The number of nitriles is 1. The summed E-state index contributed by atoms with van der Waals surface area (Å²) < 4.78 is 39.1. The lowest BCUT2D eigenvalue weighted by atomic mass is 9.70. The molecule has 0 bridgehead atoms. The zero-order valence-electron chi connectivity index (χ0n) is 17.5. The molecule has 1 N–H and O–H groups in total. The summed E-state index contributed by atoms with van der Waals surface area (Å²) in [6.45, 7) is 4.26. The number of amides is 1. The highest BCUT2D eigenvalue weighted by molar-refractivity contribution is 6.02. The third kappa shape index (κ3) is 4.21. The molecule has 1 amide bonds. The van der Waals surface area contributed by atoms with Gasteiger partial charge in [0.05, 0.1) is 17.2 Å². The first-order valence-corrected chi connectivity index (χ1v) is 10.7. The van der Waals surface area contributed by atoms with Crippen LogP contribution in [-0.2, 0) is 11.0 Å². The van der Waals surface area contributed by atoms with Gasteiger partial charge in [0.1, 0.15) is 0 Å². The first-order valence-electron chi connectivity index (χ1n) is 10.7. The molecule has 1 spiro atoms. The van der Waals surface area contributed by atoms with E-state index in [1.54, 1.807) is 6.07 Å². The molecule has 3 aliphatic rings. The van der Waals surface area contributed by atoms with E-state index in [2.05, 4.69) is 18.3 Å². The van der Waals surface area contributed by atoms with E-state index in [1.165, 1.54) is 12.1 Å². The van der Waals surface area contributed by atoms with Crippen molar-refractivity contribution in [1.82, 2.24) is 10.2 Å². The third-order valence-corrected chi connectivity index (χ3v) is 6.75. The molecule has 0 unspecified atom stereocenters. The maximum Gasteiger partial charge on any atom is 0.416 e. The van der Waals surface area contributed by atoms with Crippen LogP contribution in [0.2, 0.25) is 0 Å². The number of nitrogens with one attached hydrogen (secondary N) is 1. The van der Waals surface area contributed by atoms with E-state index in [0.717, 1.165) is 18.9 Å². The van der Waals surface area contributed by atoms with Crippen LogP contribution in [0.4, 0.5) is 18.9 Å². The molecule has 31 heavy (non-hydrogen) atoms. The Balaban J connectivity index is 1.49. The summed E-state index contributed by atoms with van der Waals surface area (Å²) in [4.78, 5) is 21.5. The average molecular weight is 433 g/mol. The molecule has 0 radical (unpaired) electrons. The molecular formula is C22H26F3N5O. The van der Waals surface area contributed by atoms with Crippen LogP contribution in [0.1, 0.15) is 38.2 Å². The standard InChI is InChI=1S/C22H26F3N5O/c1-15-5-7-21(8-6-15)18(14-26)19(31)27-20(28-21)30-11-9-29(10-12-30)17-4-2-3-16(13-17)22(23,24)25/h2-4,13,15,18H,5-12H2,1H3,(H,27,28,31)/t15?,18-,21?/m1/s1. The molecule has 1 saturated heterocycles. The molecule has 9 heteroatoms. The topological polar surface area (TPSA) is 71.7 Å². The van der Waals surface area contributed by atoms with Crippen LogP contribution in [0.15, 0.2) is 29.3 Å². The summed E-state index contributed by atoms with van der Waals surface area (Å²) in [5.41, 5.74) is -0.796. The number of carbonyl (C=O) groups is 1. The van der Waals surface area contributed by atoms with E-state index >= 15 is 0 Å². The Hall–Kier alpha value is -2.76. The Kier molecular flexibility index (Phi) is 5.58. The molecule has 2 fully saturated rings. The van der Waals surface area contributed by atoms with E-state index in [0.29, 0.717) is 56.6 Å². The van der Waals surface area contributed by atoms with Gasteiger partial charge in [0.25, 0.3) is 0 Å². The molecule has 6 nitrogen and oxygen atoms in total. The minimum absolute atomic E-state index is 0.303. The van der Waals surface area contributed by atoms with Crippen molar-refractivity contribution in [2.75, 3.05) is 31.1 Å². The lowest BCUT2D eigenvalue weighted by Gasteiger charge is -2.45. The second-order valence-electron chi connectivity index (χ2n) is 8.80. The fraction of sp³-hybridized carbons (Fsp3) is 0.591. The fourth-order valence-corrected chi connectivity index (χ4v) is 4.78. The maximum absolute atomic E-state index is 13.0. The van der Waals surface area contributed by atoms with Crippen molar-refractivity contribution in [2.45, 2.75) is 44.3 Å². The molecule has 1 aromatic rings. The highest BCUT2D eigenvalue weighted by Gasteiger charge is 2.49. The summed E-state index contributed by atoms with van der Waals surface area (Å²) in [6, 6.07) is 7.51. The minimum atomic E-state index is -4.37. The van der Waals surface area contributed by atoms with Crippen molar-refractivity contribution < 1.29 is 18.0 Å². The van der Waals surface area contributed by atoms with Gasteiger partial charge >= 0.3 is 6.18 Å². The average Bonchev–Trinajstić information content (AvgIpc) is 2.75. The van der Waals surface area contributed by atoms with Gasteiger partial charge in [-0.3, -0.25) is 10.1 Å². The van der Waals surface area contributed by atoms with Crippen LogP contribution < -0.4 is 10.2 Å². The van der Waals surface area contributed by atoms with Gasteiger partial charge in [0.2, 0.25) is 11.9 Å². The molecule has 2 heterocycles. The maximum atomic E-state index is 13.0. The van der Waals surface area contributed by atoms with E-state index in [9.17, 15) is 23.2 Å². The van der Waals surface area contributed by atoms with Crippen molar-refractivity contribution in [2.24, 2.45) is 16.8 Å². The summed E-state index contributed by atoms with van der Waals surface area (Å²) in [6.07, 6.45) is -1.07. The Labute approximate surface area is 179 Å². The molecule has 1 atom stereocenters. The molecule has 1 aliphatic carbocycles. The normalized spacial score (nSPS) is 29.4. The number of carbonyl (C=O) groups excluding carboxylic acids is 1. The molecule has 2 aliphatic heterocycles. The first-order chi connectivity index (χ1) is 14.7. The van der Waals surface area contributed by atoms with Gasteiger partial charge in [-0.2, -0.15) is 18.4 Å². The van der Waals surface area contributed by atoms with Crippen LogP contribution in [0.25, 0.3) is 0 Å². The van der Waals surface area contributed by atoms with E-state index in [1.807, 2.05) is 9.80 Å². The van der Waals surface area contributed by atoms with Crippen LogP contribution in [0.5, 0.6) is 0 Å². The predicted octanol–water partition coefficient (Wildman–Crippen LogP) is 3.40. The summed E-state index contributed by atoms with van der Waals surface area (Å²) in [7, 11) is 0. The second kappa shape index (κ2) is 8.06. The number of benzene rings is 1. The molecule has 1 saturated carbocycles. The third-order valence-electron chi connectivity index (χ3n) is 6.75. The van der Waals surface area contributed by atoms with Crippen molar-refractivity contribution in [3.05, 3.63) is 29.8 Å². The number of piperazine rings is 1. The van der Waals surface area contributed by atoms with Crippen molar-refractivity contribution in [1.29, 1.82) is 5.26 Å². The largest absolute Gasteiger partial charge is 0.416 e. The second-order valence-corrected chi connectivity index (χ2v) is 8.80. The van der Waals surface area contributed by atoms with E-state index in [-0.39, 0.29) is 5.91 Å². The van der Waals surface area contributed by atoms with Crippen LogP contribution >= 0.6 is 0 Å². The van der Waals surface area contributed by atoms with Gasteiger partial charge in [0.15, 0.2) is 5.92 Å². The van der Waals surface area contributed by atoms with Gasteiger partial charge in [0, 0.05) is 31.9 Å². The highest BCUT2D eigenvalue weighted by atomic mass is 19.4. The van der Waals surface area contributed by atoms with Crippen LogP contribution in [-0.4, -0.2) is 48.5 Å². The van der Waals surface area contributed by atoms with E-state index < -0.39 is 23.2 Å². The van der Waals surface area contributed by atoms with Crippen molar-refractivity contribution in [3.8, 4) is 6.07 Å². The minimum Gasteiger partial charge on any atom is -0.368 e. The monoisotopic (exact) mass is 433 g/mol. The fourth-order valence-electron chi connectivity index (χ4n) is 4.78. The summed E-state index contributed by atoms with van der Waals surface area (Å²) in [5.74, 6) is -0.0307. The number of alkyl halides is 3. The molecule has 0 aromatic heterocycles. The number of halogens is 3. The molecule has 4 rings (SSSR count). The van der Waals surface area contributed by atoms with Gasteiger partial charge in [-0.05, 0) is 49.8 Å². The number of aliphatic imine (C=N–C) groups is 1. The van der Waals surface area contributed by atoms with Gasteiger partial charge in [-0.15, -0.1) is 0 Å². The Morgan fingerprint density at radius 1 is 1.16 bits per heavy atom. The lowest BCUT2D eigenvalue weighted by Crippen LogP contribution is -2.60. The van der Waals surface area contributed by atoms with Crippen molar-refractivity contribution in [3.63, 3.8) is 0 Å². The zero-order valence-corrected chi connectivity index (χ0v) is 17.5. The zero-order chi connectivity index (χ0) is 22.2. The summed E-state index contributed by atoms with van der Waals surface area (Å²) >= 11 is 0. The van der Waals surface area contributed by atoms with Gasteiger partial charge < -0.3 is 9.80 Å². The predicted molar refractivity (Wildman–Crippen MR) is 110 cm³/mol. The Bertz CT molecular complexity index is 906. The molecule has 1 aromatic carbocycles. The number of nitrogens with zero attached hydrogens (tertiary/aromatic N) is 4. The number of guanidine groups is 1. The van der Waals surface area contributed by atoms with Crippen LogP contribution in [0.3, 0.4) is 0 Å². The number of anilines is 1. The number of rotatable bonds is 1. The van der Waals surface area contributed by atoms with E-state index in [4.69, 9.17) is 4.99 Å². The highest BCUT2D eigenvalue weighted by Crippen LogP contribution is 2.42. The number of hydrogen-bond acceptors (Lipinski definition) is 5. The Morgan fingerprint density at radius 2 is 1.81 bits per heavy atom. The molecular weight excluding hydrogens is 407 g/mol. The summed E-state index contributed by atoms with van der Waals surface area (Å²) in [5, 5.41) is 12.4. The van der Waals surface area contributed by atoms with Gasteiger partial charge in [-0.25, -0.2) is 4.99 Å². The quantitative estimate of drug-likeness (QED) is 0.737. The lowest BCUT2D eigenvalue weighted by molar-refractivity contribution is -0.137. The Morgan fingerprint density at radius 3 is 2.42 bits per heavy atom. The smallest absolute Gasteiger partial charge is 0.368 e.